The van der Waals surface area contributed by atoms with Crippen molar-refractivity contribution in [3.63, 3.8) is 0 Å². The Balaban J connectivity index is 1.64. The summed E-state index contributed by atoms with van der Waals surface area (Å²) in [7, 11) is 4.74. The Bertz CT molecular complexity index is 982. The molecule has 0 saturated carbocycles. The number of aromatic nitrogens is 2. The third-order valence-electron chi connectivity index (χ3n) is 4.59. The highest BCUT2D eigenvalue weighted by Crippen LogP contribution is 2.40. The first-order chi connectivity index (χ1) is 13.7. The third kappa shape index (κ3) is 3.38. The lowest BCUT2D eigenvalue weighted by Crippen LogP contribution is -1.99. The zero-order valence-corrected chi connectivity index (χ0v) is 16.0. The number of rotatable bonds is 6. The number of nitrogens with zero attached hydrogens (tertiary/aromatic N) is 2. The van der Waals surface area contributed by atoms with Crippen molar-refractivity contribution in [3.05, 3.63) is 48.3 Å². The molecule has 0 saturated heterocycles. The van der Waals surface area contributed by atoms with Crippen LogP contribution in [0.4, 0.5) is 11.5 Å². The number of fused-ring (bicyclic) bond motifs is 1. The van der Waals surface area contributed by atoms with Crippen LogP contribution in [0.1, 0.15) is 5.56 Å². The van der Waals surface area contributed by atoms with Gasteiger partial charge in [0.15, 0.2) is 11.5 Å². The third-order valence-corrected chi connectivity index (χ3v) is 4.59. The molecule has 1 N–H and O–H groups in total. The van der Waals surface area contributed by atoms with Gasteiger partial charge in [-0.2, -0.15) is 0 Å². The van der Waals surface area contributed by atoms with Gasteiger partial charge < -0.3 is 24.3 Å². The van der Waals surface area contributed by atoms with E-state index in [1.807, 2.05) is 30.3 Å². The molecule has 0 spiro atoms. The number of hydrogen-bond donors (Lipinski definition) is 1. The van der Waals surface area contributed by atoms with Crippen LogP contribution >= 0.6 is 0 Å². The second-order valence-electron chi connectivity index (χ2n) is 6.25. The van der Waals surface area contributed by atoms with E-state index in [-0.39, 0.29) is 0 Å². The van der Waals surface area contributed by atoms with Gasteiger partial charge >= 0.3 is 0 Å². The summed E-state index contributed by atoms with van der Waals surface area (Å²) in [6.07, 6.45) is 2.46. The van der Waals surface area contributed by atoms with Crippen molar-refractivity contribution in [2.45, 2.75) is 6.42 Å². The van der Waals surface area contributed by atoms with Gasteiger partial charge in [-0.25, -0.2) is 9.97 Å². The second-order valence-corrected chi connectivity index (χ2v) is 6.25. The molecule has 0 amide bonds. The van der Waals surface area contributed by atoms with Crippen LogP contribution in [0, 0.1) is 0 Å². The van der Waals surface area contributed by atoms with Gasteiger partial charge in [0.1, 0.15) is 17.9 Å². The van der Waals surface area contributed by atoms with Gasteiger partial charge in [0, 0.05) is 35.9 Å². The van der Waals surface area contributed by atoms with E-state index in [1.54, 1.807) is 27.7 Å². The standard InChI is InChI=1S/C21H21N3O4/c1-25-18-9-15(10-19(26-2)21(18)27-3)24-20-11-16(22-12-23-20)13-4-5-17-14(8-13)6-7-28-17/h4-5,8-12H,6-7H2,1-3H3,(H,22,23,24). The molecule has 1 aromatic heterocycles. The maximum Gasteiger partial charge on any atom is 0.203 e. The fourth-order valence-corrected chi connectivity index (χ4v) is 3.23. The van der Waals surface area contributed by atoms with Crippen LogP contribution in [0.5, 0.6) is 23.0 Å². The van der Waals surface area contributed by atoms with Crippen LogP contribution in [-0.2, 0) is 6.42 Å². The molecule has 0 bridgehead atoms. The molecular weight excluding hydrogens is 358 g/mol. The number of nitrogens with one attached hydrogen (secondary N) is 1. The molecule has 28 heavy (non-hydrogen) atoms. The normalized spacial score (nSPS) is 12.1. The summed E-state index contributed by atoms with van der Waals surface area (Å²) < 4.78 is 21.7. The topological polar surface area (TPSA) is 74.7 Å². The highest BCUT2D eigenvalue weighted by atomic mass is 16.5. The van der Waals surface area contributed by atoms with E-state index >= 15 is 0 Å². The molecule has 1 aliphatic rings. The van der Waals surface area contributed by atoms with Crippen molar-refractivity contribution < 1.29 is 18.9 Å². The van der Waals surface area contributed by atoms with Gasteiger partial charge in [0.2, 0.25) is 5.75 Å². The van der Waals surface area contributed by atoms with Crippen LogP contribution in [0.2, 0.25) is 0 Å². The van der Waals surface area contributed by atoms with Crippen molar-refractivity contribution >= 4 is 11.5 Å². The quantitative estimate of drug-likeness (QED) is 0.697. The molecule has 0 radical (unpaired) electrons. The van der Waals surface area contributed by atoms with Gasteiger partial charge in [-0.15, -0.1) is 0 Å². The summed E-state index contributed by atoms with van der Waals surface area (Å²) in [5.74, 6) is 3.29. The summed E-state index contributed by atoms with van der Waals surface area (Å²) in [6, 6.07) is 11.7. The second kappa shape index (κ2) is 7.64. The van der Waals surface area contributed by atoms with E-state index in [1.165, 1.54) is 5.56 Å². The molecule has 2 aromatic carbocycles. The fraction of sp³-hybridized carbons (Fsp3) is 0.238. The maximum atomic E-state index is 5.58. The molecule has 7 heteroatoms. The van der Waals surface area contributed by atoms with Crippen LogP contribution in [-0.4, -0.2) is 37.9 Å². The minimum atomic E-state index is 0.541. The Morgan fingerprint density at radius 2 is 1.71 bits per heavy atom. The molecule has 1 aliphatic heterocycles. The Morgan fingerprint density at radius 1 is 0.929 bits per heavy atom. The summed E-state index contributed by atoms with van der Waals surface area (Å²) in [5.41, 5.74) is 3.83. The molecule has 2 heterocycles. The zero-order chi connectivity index (χ0) is 19.5. The highest BCUT2D eigenvalue weighted by molar-refractivity contribution is 5.70. The molecule has 4 rings (SSSR count). The Morgan fingerprint density at radius 3 is 2.43 bits per heavy atom. The lowest BCUT2D eigenvalue weighted by atomic mass is 10.1. The Kier molecular flexibility index (Phi) is 4.89. The van der Waals surface area contributed by atoms with E-state index in [0.29, 0.717) is 23.1 Å². The lowest BCUT2D eigenvalue weighted by Gasteiger charge is -2.15. The highest BCUT2D eigenvalue weighted by Gasteiger charge is 2.15. The van der Waals surface area contributed by atoms with E-state index in [0.717, 1.165) is 35.7 Å². The number of ether oxygens (including phenoxy) is 4. The SMILES string of the molecule is COc1cc(Nc2cc(-c3ccc4c(c3)CCO4)ncn2)cc(OC)c1OC. The lowest BCUT2D eigenvalue weighted by molar-refractivity contribution is 0.324. The largest absolute Gasteiger partial charge is 0.493 e. The van der Waals surface area contributed by atoms with Crippen LogP contribution < -0.4 is 24.3 Å². The number of anilines is 2. The first-order valence-corrected chi connectivity index (χ1v) is 8.87. The molecule has 0 fully saturated rings. The summed E-state index contributed by atoms with van der Waals surface area (Å²) in [5, 5.41) is 3.28. The van der Waals surface area contributed by atoms with Gasteiger partial charge in [0.25, 0.3) is 0 Å². The molecular formula is C21H21N3O4. The minimum absolute atomic E-state index is 0.541. The van der Waals surface area contributed by atoms with Crippen LogP contribution in [0.15, 0.2) is 42.7 Å². The van der Waals surface area contributed by atoms with E-state index in [2.05, 4.69) is 21.4 Å². The van der Waals surface area contributed by atoms with Gasteiger partial charge in [-0.1, -0.05) is 0 Å². The minimum Gasteiger partial charge on any atom is -0.493 e. The van der Waals surface area contributed by atoms with E-state index in [9.17, 15) is 0 Å². The summed E-state index contributed by atoms with van der Waals surface area (Å²) in [4.78, 5) is 8.74. The number of benzene rings is 2. The number of hydrogen-bond acceptors (Lipinski definition) is 7. The van der Waals surface area contributed by atoms with E-state index in [4.69, 9.17) is 18.9 Å². The van der Waals surface area contributed by atoms with Gasteiger partial charge in [0.05, 0.1) is 33.6 Å². The van der Waals surface area contributed by atoms with Crippen molar-refractivity contribution in [1.82, 2.24) is 9.97 Å². The summed E-state index contributed by atoms with van der Waals surface area (Å²) in [6.45, 7) is 0.733. The average Bonchev–Trinajstić information content (AvgIpc) is 3.21. The van der Waals surface area contributed by atoms with E-state index < -0.39 is 0 Å². The van der Waals surface area contributed by atoms with Crippen molar-refractivity contribution in [2.24, 2.45) is 0 Å². The molecule has 144 valence electrons. The van der Waals surface area contributed by atoms with Crippen LogP contribution in [0.3, 0.4) is 0 Å². The van der Waals surface area contributed by atoms with Crippen molar-refractivity contribution in [3.8, 4) is 34.3 Å². The molecule has 0 atom stereocenters. The van der Waals surface area contributed by atoms with Gasteiger partial charge in [-0.3, -0.25) is 0 Å². The Labute approximate surface area is 163 Å². The maximum absolute atomic E-state index is 5.58. The van der Waals surface area contributed by atoms with Crippen molar-refractivity contribution in [1.29, 1.82) is 0 Å². The average molecular weight is 379 g/mol. The predicted molar refractivity (Wildman–Crippen MR) is 106 cm³/mol. The van der Waals surface area contributed by atoms with Crippen molar-refractivity contribution in [2.75, 3.05) is 33.3 Å². The molecule has 3 aromatic rings. The molecule has 0 aliphatic carbocycles. The summed E-state index contributed by atoms with van der Waals surface area (Å²) >= 11 is 0. The number of methoxy groups -OCH3 is 3. The molecule has 7 nitrogen and oxygen atoms in total. The van der Waals surface area contributed by atoms with Crippen LogP contribution in [0.25, 0.3) is 11.3 Å². The zero-order valence-electron chi connectivity index (χ0n) is 16.0. The predicted octanol–water partition coefficient (Wildman–Crippen LogP) is 3.85. The first kappa shape index (κ1) is 17.9. The Hall–Kier alpha value is -3.48. The smallest absolute Gasteiger partial charge is 0.203 e. The monoisotopic (exact) mass is 379 g/mol. The fourth-order valence-electron chi connectivity index (χ4n) is 3.23. The van der Waals surface area contributed by atoms with Gasteiger partial charge in [-0.05, 0) is 23.8 Å². The first-order valence-electron chi connectivity index (χ1n) is 8.87. The molecule has 0 unspecified atom stereocenters.